The normalized spacial score (nSPS) is 9.05. The molecule has 0 saturated carbocycles. The number of benzene rings is 2. The highest BCUT2D eigenvalue weighted by Gasteiger charge is 2.03. The lowest BCUT2D eigenvalue weighted by atomic mass is 10.2. The summed E-state index contributed by atoms with van der Waals surface area (Å²) in [6.45, 7) is 0. The van der Waals surface area contributed by atoms with Crippen molar-refractivity contribution in [2.24, 2.45) is 0 Å². The molecular formula is C14H12ClNO4. The van der Waals surface area contributed by atoms with Gasteiger partial charge < -0.3 is 15.6 Å². The van der Waals surface area contributed by atoms with E-state index in [0.717, 1.165) is 0 Å². The first-order chi connectivity index (χ1) is 9.50. The van der Waals surface area contributed by atoms with E-state index >= 15 is 0 Å². The average molecular weight is 294 g/mol. The van der Waals surface area contributed by atoms with Crippen molar-refractivity contribution < 1.29 is 19.4 Å². The molecule has 0 heterocycles. The Labute approximate surface area is 120 Å². The zero-order chi connectivity index (χ0) is 15.0. The van der Waals surface area contributed by atoms with Crippen LogP contribution in [0.3, 0.4) is 0 Å². The molecule has 0 amide bonds. The molecule has 0 bridgehead atoms. The quantitative estimate of drug-likeness (QED) is 0.654. The molecule has 0 aliphatic rings. The van der Waals surface area contributed by atoms with Gasteiger partial charge in [-0.1, -0.05) is 30.3 Å². The second-order valence-corrected chi connectivity index (χ2v) is 3.85. The molecule has 104 valence electrons. The summed E-state index contributed by atoms with van der Waals surface area (Å²) in [5, 5.41) is 8.49. The summed E-state index contributed by atoms with van der Waals surface area (Å²) in [6.07, 6.45) is 0. The molecule has 2 aromatic rings. The van der Waals surface area contributed by atoms with Gasteiger partial charge in [0.1, 0.15) is 5.75 Å². The number of carbonyl (C=O) groups is 2. The Morgan fingerprint density at radius 2 is 1.55 bits per heavy atom. The largest absolute Gasteiger partial charge is 0.478 e. The van der Waals surface area contributed by atoms with Crippen molar-refractivity contribution >= 4 is 28.7 Å². The SMILES string of the molecule is Nc1ccccc1C(=O)O.O=C(Cl)Oc1ccccc1. The van der Waals surface area contributed by atoms with Crippen molar-refractivity contribution in [3.8, 4) is 5.75 Å². The van der Waals surface area contributed by atoms with Crippen LogP contribution < -0.4 is 10.5 Å². The molecule has 0 aromatic heterocycles. The van der Waals surface area contributed by atoms with E-state index in [1.165, 1.54) is 6.07 Å². The summed E-state index contributed by atoms with van der Waals surface area (Å²) in [4.78, 5) is 20.5. The number of para-hydroxylation sites is 2. The summed E-state index contributed by atoms with van der Waals surface area (Å²) in [7, 11) is 0. The van der Waals surface area contributed by atoms with Crippen molar-refractivity contribution in [1.29, 1.82) is 0 Å². The number of hydrogen-bond acceptors (Lipinski definition) is 4. The molecule has 3 N–H and O–H groups in total. The fourth-order valence-corrected chi connectivity index (χ4v) is 1.36. The number of carboxylic acids is 1. The van der Waals surface area contributed by atoms with Gasteiger partial charge in [-0.05, 0) is 24.3 Å². The fraction of sp³-hybridized carbons (Fsp3) is 0. The molecule has 0 aliphatic carbocycles. The van der Waals surface area contributed by atoms with Gasteiger partial charge in [-0.3, -0.25) is 0 Å². The van der Waals surface area contributed by atoms with Gasteiger partial charge in [0.2, 0.25) is 0 Å². The predicted octanol–water partition coefficient (Wildman–Crippen LogP) is 3.39. The number of carbonyl (C=O) groups excluding carboxylic acids is 1. The maximum absolute atomic E-state index is 10.3. The van der Waals surface area contributed by atoms with Crippen LogP contribution in [-0.2, 0) is 0 Å². The topological polar surface area (TPSA) is 89.6 Å². The number of nitrogens with two attached hydrogens (primary N) is 1. The van der Waals surface area contributed by atoms with Crippen LogP contribution >= 0.6 is 11.6 Å². The van der Waals surface area contributed by atoms with Gasteiger partial charge in [-0.25, -0.2) is 9.59 Å². The Balaban J connectivity index is 0.000000200. The highest BCUT2D eigenvalue weighted by molar-refractivity contribution is 6.61. The number of anilines is 1. The third-order valence-electron chi connectivity index (χ3n) is 2.13. The van der Waals surface area contributed by atoms with Gasteiger partial charge in [-0.2, -0.15) is 0 Å². The third kappa shape index (κ3) is 5.41. The summed E-state index contributed by atoms with van der Waals surface area (Å²) >= 11 is 4.95. The molecule has 0 radical (unpaired) electrons. The molecule has 0 aliphatic heterocycles. The number of rotatable bonds is 2. The van der Waals surface area contributed by atoms with Gasteiger partial charge in [0.15, 0.2) is 0 Å². The van der Waals surface area contributed by atoms with Gasteiger partial charge in [0.25, 0.3) is 0 Å². The maximum Gasteiger partial charge on any atom is 0.409 e. The standard InChI is InChI=1S/C7H5ClO2.C7H7NO2/c8-7(9)10-6-4-2-1-3-5-6;8-6-4-2-1-3-5(6)7(9)10/h1-5H;1-4H,8H2,(H,9,10). The van der Waals surface area contributed by atoms with Gasteiger partial charge in [-0.15, -0.1) is 0 Å². The number of carboxylic acid groups (broad SMARTS) is 1. The summed E-state index contributed by atoms with van der Waals surface area (Å²) in [5.74, 6) is -0.527. The molecule has 20 heavy (non-hydrogen) atoms. The van der Waals surface area contributed by atoms with Crippen LogP contribution in [0, 0.1) is 0 Å². The summed E-state index contributed by atoms with van der Waals surface area (Å²) in [5.41, 5.74) is 4.98. The first-order valence-corrected chi connectivity index (χ1v) is 5.88. The first kappa shape index (κ1) is 15.5. The molecule has 2 aromatic carbocycles. The molecule has 0 spiro atoms. The van der Waals surface area contributed by atoms with Crippen LogP contribution in [0.4, 0.5) is 10.5 Å². The Kier molecular flexibility index (Phi) is 6.06. The predicted molar refractivity (Wildman–Crippen MR) is 76.1 cm³/mol. The fourth-order valence-electron chi connectivity index (χ4n) is 1.27. The smallest absolute Gasteiger partial charge is 0.409 e. The number of aromatic carboxylic acids is 1. The van der Waals surface area contributed by atoms with E-state index in [1.807, 2.05) is 6.07 Å². The van der Waals surface area contributed by atoms with Crippen molar-refractivity contribution in [3.63, 3.8) is 0 Å². The maximum atomic E-state index is 10.3. The molecule has 5 nitrogen and oxygen atoms in total. The Morgan fingerprint density at radius 1 is 1.00 bits per heavy atom. The number of hydrogen-bond donors (Lipinski definition) is 2. The van der Waals surface area contributed by atoms with E-state index in [1.54, 1.807) is 42.5 Å². The van der Waals surface area contributed by atoms with E-state index in [0.29, 0.717) is 11.4 Å². The van der Waals surface area contributed by atoms with Crippen molar-refractivity contribution in [2.45, 2.75) is 0 Å². The Hall–Kier alpha value is -2.53. The van der Waals surface area contributed by atoms with Crippen LogP contribution in [0.5, 0.6) is 5.75 Å². The van der Waals surface area contributed by atoms with Crippen LogP contribution in [0.2, 0.25) is 0 Å². The minimum atomic E-state index is -0.988. The van der Waals surface area contributed by atoms with E-state index in [9.17, 15) is 9.59 Å². The lowest BCUT2D eigenvalue weighted by Gasteiger charge is -1.96. The van der Waals surface area contributed by atoms with Gasteiger partial charge >= 0.3 is 11.4 Å². The van der Waals surface area contributed by atoms with E-state index in [-0.39, 0.29) is 5.56 Å². The Bertz CT molecular complexity index is 587. The highest BCUT2D eigenvalue weighted by atomic mass is 35.5. The van der Waals surface area contributed by atoms with E-state index < -0.39 is 11.4 Å². The molecule has 0 atom stereocenters. The minimum absolute atomic E-state index is 0.155. The first-order valence-electron chi connectivity index (χ1n) is 5.51. The van der Waals surface area contributed by atoms with Crippen LogP contribution in [0.25, 0.3) is 0 Å². The lowest BCUT2D eigenvalue weighted by Crippen LogP contribution is -2.00. The van der Waals surface area contributed by atoms with Gasteiger partial charge in [0, 0.05) is 17.3 Å². The number of halogens is 1. The van der Waals surface area contributed by atoms with Crippen molar-refractivity contribution in [1.82, 2.24) is 0 Å². The van der Waals surface area contributed by atoms with Crippen molar-refractivity contribution in [3.05, 3.63) is 60.2 Å². The molecular weight excluding hydrogens is 282 g/mol. The molecule has 0 fully saturated rings. The average Bonchev–Trinajstić information content (AvgIpc) is 2.40. The van der Waals surface area contributed by atoms with Crippen molar-refractivity contribution in [2.75, 3.05) is 5.73 Å². The van der Waals surface area contributed by atoms with Gasteiger partial charge in [0.05, 0.1) is 5.56 Å². The van der Waals surface area contributed by atoms with Crippen LogP contribution in [0.1, 0.15) is 10.4 Å². The second-order valence-electron chi connectivity index (χ2n) is 3.55. The zero-order valence-corrected chi connectivity index (χ0v) is 11.1. The van der Waals surface area contributed by atoms with E-state index in [2.05, 4.69) is 4.74 Å². The third-order valence-corrected chi connectivity index (χ3v) is 2.21. The molecule has 2 rings (SSSR count). The molecule has 6 heteroatoms. The Morgan fingerprint density at radius 3 is 2.00 bits per heavy atom. The molecule has 0 saturated heterocycles. The summed E-state index contributed by atoms with van der Waals surface area (Å²) < 4.78 is 4.54. The summed E-state index contributed by atoms with van der Waals surface area (Å²) in [6, 6.07) is 15.0. The van der Waals surface area contributed by atoms with Crippen LogP contribution in [0.15, 0.2) is 54.6 Å². The zero-order valence-electron chi connectivity index (χ0n) is 10.3. The van der Waals surface area contributed by atoms with E-state index in [4.69, 9.17) is 22.4 Å². The molecule has 0 unspecified atom stereocenters. The lowest BCUT2D eigenvalue weighted by molar-refractivity contribution is 0.0698. The monoisotopic (exact) mass is 293 g/mol. The minimum Gasteiger partial charge on any atom is -0.478 e. The highest BCUT2D eigenvalue weighted by Crippen LogP contribution is 2.09. The number of nitrogen functional groups attached to an aromatic ring is 1. The second kappa shape index (κ2) is 7.81. The van der Waals surface area contributed by atoms with Crippen LogP contribution in [-0.4, -0.2) is 16.5 Å². The number of ether oxygens (including phenoxy) is 1.